The van der Waals surface area contributed by atoms with E-state index in [0.717, 1.165) is 10.8 Å². The summed E-state index contributed by atoms with van der Waals surface area (Å²) in [6.07, 6.45) is 5.61. The molecule has 18 heavy (non-hydrogen) atoms. The Balaban J connectivity index is 1.94. The second-order valence-corrected chi connectivity index (χ2v) is 6.47. The number of rotatable bonds is 5. The second kappa shape index (κ2) is 6.28. The molecule has 0 aliphatic heterocycles. The fourth-order valence-corrected chi connectivity index (χ4v) is 3.70. The molecule has 0 bridgehead atoms. The quantitative estimate of drug-likeness (QED) is 0.861. The van der Waals surface area contributed by atoms with Gasteiger partial charge in [-0.05, 0) is 36.5 Å². The standard InChI is InChI=1S/C15H20O2S/c1-11(10-15(16)17)12-6-8-14(9-7-12)18-13-4-2-3-5-13/h6-9,11,13H,2-5,10H2,1H3,(H,16,17). The zero-order valence-corrected chi connectivity index (χ0v) is 11.6. The van der Waals surface area contributed by atoms with Crippen molar-refractivity contribution in [3.8, 4) is 0 Å². The van der Waals surface area contributed by atoms with Crippen molar-refractivity contribution in [2.24, 2.45) is 0 Å². The molecule has 1 fully saturated rings. The van der Waals surface area contributed by atoms with Crippen LogP contribution in [0.4, 0.5) is 0 Å². The van der Waals surface area contributed by atoms with Crippen LogP contribution < -0.4 is 0 Å². The average molecular weight is 264 g/mol. The van der Waals surface area contributed by atoms with Crippen molar-refractivity contribution in [1.82, 2.24) is 0 Å². The fourth-order valence-electron chi connectivity index (χ4n) is 2.45. The first-order chi connectivity index (χ1) is 8.65. The lowest BCUT2D eigenvalue weighted by Gasteiger charge is -2.12. The molecule has 98 valence electrons. The molecule has 1 N–H and O–H groups in total. The van der Waals surface area contributed by atoms with Gasteiger partial charge in [-0.15, -0.1) is 11.8 Å². The Morgan fingerprint density at radius 1 is 1.33 bits per heavy atom. The van der Waals surface area contributed by atoms with Crippen molar-refractivity contribution in [3.05, 3.63) is 29.8 Å². The van der Waals surface area contributed by atoms with Gasteiger partial charge in [-0.3, -0.25) is 4.79 Å². The molecular weight excluding hydrogens is 244 g/mol. The summed E-state index contributed by atoms with van der Waals surface area (Å²) >= 11 is 1.97. The largest absolute Gasteiger partial charge is 0.481 e. The molecule has 1 unspecified atom stereocenters. The molecule has 3 heteroatoms. The first-order valence-electron chi connectivity index (χ1n) is 6.63. The molecule has 0 heterocycles. The van der Waals surface area contributed by atoms with Gasteiger partial charge < -0.3 is 5.11 Å². The van der Waals surface area contributed by atoms with E-state index in [0.29, 0.717) is 0 Å². The molecule has 2 nitrogen and oxygen atoms in total. The van der Waals surface area contributed by atoms with Crippen LogP contribution in [0.5, 0.6) is 0 Å². The third kappa shape index (κ3) is 3.77. The normalized spacial score (nSPS) is 17.8. The highest BCUT2D eigenvalue weighted by Crippen LogP contribution is 2.35. The lowest BCUT2D eigenvalue weighted by molar-refractivity contribution is -0.137. The van der Waals surface area contributed by atoms with Crippen LogP contribution in [0.3, 0.4) is 0 Å². The summed E-state index contributed by atoms with van der Waals surface area (Å²) in [6.45, 7) is 1.97. The minimum atomic E-state index is -0.730. The SMILES string of the molecule is CC(CC(=O)O)c1ccc(SC2CCCC2)cc1. The average Bonchev–Trinajstić information content (AvgIpc) is 2.82. The number of hydrogen-bond donors (Lipinski definition) is 1. The van der Waals surface area contributed by atoms with E-state index in [2.05, 4.69) is 24.3 Å². The molecule has 0 saturated heterocycles. The lowest BCUT2D eigenvalue weighted by atomic mass is 9.98. The molecule has 2 rings (SSSR count). The zero-order chi connectivity index (χ0) is 13.0. The van der Waals surface area contributed by atoms with Crippen LogP contribution in [0.25, 0.3) is 0 Å². The van der Waals surface area contributed by atoms with Gasteiger partial charge in [-0.2, -0.15) is 0 Å². The lowest BCUT2D eigenvalue weighted by Crippen LogP contribution is -2.02. The van der Waals surface area contributed by atoms with Gasteiger partial charge in [0.05, 0.1) is 6.42 Å². The molecule has 1 saturated carbocycles. The molecular formula is C15H20O2S. The molecule has 1 aliphatic rings. The molecule has 0 aromatic heterocycles. The summed E-state index contributed by atoms with van der Waals surface area (Å²) in [6, 6.07) is 8.42. The van der Waals surface area contributed by atoms with Crippen LogP contribution in [0.15, 0.2) is 29.2 Å². The van der Waals surface area contributed by atoms with Crippen LogP contribution in [-0.2, 0) is 4.79 Å². The zero-order valence-electron chi connectivity index (χ0n) is 10.8. The van der Waals surface area contributed by atoms with Crippen molar-refractivity contribution in [3.63, 3.8) is 0 Å². The maximum atomic E-state index is 10.7. The van der Waals surface area contributed by atoms with Crippen LogP contribution in [0, 0.1) is 0 Å². The number of aliphatic carboxylic acids is 1. The molecule has 1 atom stereocenters. The van der Waals surface area contributed by atoms with Gasteiger partial charge in [0.2, 0.25) is 0 Å². The minimum absolute atomic E-state index is 0.0908. The number of hydrogen-bond acceptors (Lipinski definition) is 2. The van der Waals surface area contributed by atoms with E-state index < -0.39 is 5.97 Å². The number of carboxylic acid groups (broad SMARTS) is 1. The predicted molar refractivity (Wildman–Crippen MR) is 75.2 cm³/mol. The van der Waals surface area contributed by atoms with Crippen LogP contribution >= 0.6 is 11.8 Å². The molecule has 0 amide bonds. The van der Waals surface area contributed by atoms with E-state index >= 15 is 0 Å². The van der Waals surface area contributed by atoms with E-state index in [-0.39, 0.29) is 12.3 Å². The first kappa shape index (κ1) is 13.5. The Bertz CT molecular complexity index is 393. The Morgan fingerprint density at radius 3 is 2.50 bits per heavy atom. The highest BCUT2D eigenvalue weighted by atomic mass is 32.2. The van der Waals surface area contributed by atoms with Gasteiger partial charge in [0.15, 0.2) is 0 Å². The fraction of sp³-hybridized carbons (Fsp3) is 0.533. The Hall–Kier alpha value is -0.960. The van der Waals surface area contributed by atoms with E-state index in [4.69, 9.17) is 5.11 Å². The van der Waals surface area contributed by atoms with Crippen LogP contribution in [-0.4, -0.2) is 16.3 Å². The van der Waals surface area contributed by atoms with Gasteiger partial charge in [0, 0.05) is 10.1 Å². The maximum absolute atomic E-state index is 10.7. The second-order valence-electron chi connectivity index (χ2n) is 5.09. The van der Waals surface area contributed by atoms with E-state index in [9.17, 15) is 4.79 Å². The first-order valence-corrected chi connectivity index (χ1v) is 7.51. The monoisotopic (exact) mass is 264 g/mol. The van der Waals surface area contributed by atoms with Crippen LogP contribution in [0.2, 0.25) is 0 Å². The summed E-state index contributed by atoms with van der Waals surface area (Å²) in [4.78, 5) is 12.0. The van der Waals surface area contributed by atoms with E-state index in [1.807, 2.05) is 18.7 Å². The maximum Gasteiger partial charge on any atom is 0.303 e. The molecule has 0 spiro atoms. The topological polar surface area (TPSA) is 37.3 Å². The van der Waals surface area contributed by atoms with E-state index in [1.165, 1.54) is 30.6 Å². The number of benzene rings is 1. The van der Waals surface area contributed by atoms with Crippen molar-refractivity contribution in [1.29, 1.82) is 0 Å². The predicted octanol–water partition coefficient (Wildman–Crippen LogP) is 4.30. The Kier molecular flexibility index (Phi) is 4.70. The third-order valence-corrected chi connectivity index (χ3v) is 4.88. The number of carboxylic acids is 1. The van der Waals surface area contributed by atoms with Crippen molar-refractivity contribution < 1.29 is 9.90 Å². The third-order valence-electron chi connectivity index (χ3n) is 3.53. The van der Waals surface area contributed by atoms with Gasteiger partial charge in [-0.25, -0.2) is 0 Å². The summed E-state index contributed by atoms with van der Waals surface area (Å²) in [5.41, 5.74) is 1.12. The Morgan fingerprint density at radius 2 is 1.94 bits per heavy atom. The van der Waals surface area contributed by atoms with Crippen molar-refractivity contribution in [2.75, 3.05) is 0 Å². The summed E-state index contributed by atoms with van der Waals surface area (Å²) in [5.74, 6) is -0.639. The highest BCUT2D eigenvalue weighted by molar-refractivity contribution is 8.00. The minimum Gasteiger partial charge on any atom is -0.481 e. The van der Waals surface area contributed by atoms with Gasteiger partial charge in [0.25, 0.3) is 0 Å². The highest BCUT2D eigenvalue weighted by Gasteiger charge is 2.16. The molecule has 1 aromatic rings. The van der Waals surface area contributed by atoms with Gasteiger partial charge in [0.1, 0.15) is 0 Å². The number of thioether (sulfide) groups is 1. The number of carbonyl (C=O) groups is 1. The van der Waals surface area contributed by atoms with E-state index in [1.54, 1.807) is 0 Å². The van der Waals surface area contributed by atoms with Gasteiger partial charge >= 0.3 is 5.97 Å². The smallest absolute Gasteiger partial charge is 0.303 e. The summed E-state index contributed by atoms with van der Waals surface area (Å²) in [7, 11) is 0. The molecule has 0 radical (unpaired) electrons. The van der Waals surface area contributed by atoms with Crippen molar-refractivity contribution >= 4 is 17.7 Å². The molecule has 1 aliphatic carbocycles. The van der Waals surface area contributed by atoms with Crippen LogP contribution in [0.1, 0.15) is 50.5 Å². The Labute approximate surface area is 113 Å². The summed E-state index contributed by atoms with van der Waals surface area (Å²) in [5, 5.41) is 9.57. The van der Waals surface area contributed by atoms with Crippen molar-refractivity contribution in [2.45, 2.75) is 55.1 Å². The molecule has 1 aromatic carbocycles. The van der Waals surface area contributed by atoms with Gasteiger partial charge in [-0.1, -0.05) is 31.9 Å². The summed E-state index contributed by atoms with van der Waals surface area (Å²) < 4.78 is 0.